The molecule has 3 rings (SSSR count). The highest BCUT2D eigenvalue weighted by atomic mass is 19.4. The van der Waals surface area contributed by atoms with E-state index in [1.165, 1.54) is 13.2 Å². The maximum Gasteiger partial charge on any atom is 0.417 e. The van der Waals surface area contributed by atoms with Crippen LogP contribution in [-0.2, 0) is 10.9 Å². The fourth-order valence-corrected chi connectivity index (χ4v) is 3.13. The molecule has 0 aliphatic carbocycles. The van der Waals surface area contributed by atoms with Crippen molar-refractivity contribution in [1.82, 2.24) is 4.98 Å². The van der Waals surface area contributed by atoms with Crippen molar-refractivity contribution >= 4 is 22.7 Å². The predicted molar refractivity (Wildman–Crippen MR) is 98.9 cm³/mol. The highest BCUT2D eigenvalue weighted by Gasteiger charge is 2.34. The fraction of sp³-hybridized carbons (Fsp3) is 0.250. The lowest BCUT2D eigenvalue weighted by atomic mass is 10.1. The summed E-state index contributed by atoms with van der Waals surface area (Å²) in [4.78, 5) is 38.6. The van der Waals surface area contributed by atoms with Gasteiger partial charge in [-0.15, -0.1) is 0 Å². The second-order valence-corrected chi connectivity index (χ2v) is 6.46. The third-order valence-electron chi connectivity index (χ3n) is 4.50. The second-order valence-electron chi connectivity index (χ2n) is 6.46. The number of hydrogen-bond donors (Lipinski definition) is 1. The molecule has 0 spiro atoms. The molecule has 1 N–H and O–H groups in total. The molecule has 0 saturated heterocycles. The molecule has 0 bridgehead atoms. The van der Waals surface area contributed by atoms with Crippen LogP contribution in [-0.4, -0.2) is 30.5 Å². The maximum atomic E-state index is 13.1. The Morgan fingerprint density at radius 1 is 1.17 bits per heavy atom. The number of aromatic amines is 1. The van der Waals surface area contributed by atoms with E-state index in [1.807, 2.05) is 0 Å². The third kappa shape index (κ3) is 3.93. The van der Waals surface area contributed by atoms with Crippen molar-refractivity contribution in [3.8, 4) is 5.75 Å². The minimum atomic E-state index is -4.73. The van der Waals surface area contributed by atoms with Crippen molar-refractivity contribution in [3.05, 3.63) is 62.8 Å². The summed E-state index contributed by atoms with van der Waals surface area (Å²) in [7, 11) is 1.22. The Kier molecular flexibility index (Phi) is 5.43. The second kappa shape index (κ2) is 7.69. The van der Waals surface area contributed by atoms with E-state index in [1.54, 1.807) is 13.8 Å². The molecule has 158 valence electrons. The van der Waals surface area contributed by atoms with Gasteiger partial charge in [0.2, 0.25) is 5.78 Å². The van der Waals surface area contributed by atoms with E-state index in [0.29, 0.717) is 17.3 Å². The van der Waals surface area contributed by atoms with Gasteiger partial charge in [0.15, 0.2) is 6.61 Å². The first-order valence-corrected chi connectivity index (χ1v) is 8.61. The number of fused-ring (bicyclic) bond motifs is 1. The molecule has 0 amide bonds. The fourth-order valence-electron chi connectivity index (χ4n) is 3.13. The summed E-state index contributed by atoms with van der Waals surface area (Å²) in [5, 5.41) is -0.306. The number of esters is 1. The van der Waals surface area contributed by atoms with Crippen molar-refractivity contribution in [2.45, 2.75) is 20.0 Å². The zero-order chi connectivity index (χ0) is 22.2. The number of carbonyl (C=O) groups excluding carboxylic acids is 2. The lowest BCUT2D eigenvalue weighted by molar-refractivity contribution is -0.136. The van der Waals surface area contributed by atoms with Gasteiger partial charge in [-0.2, -0.15) is 13.2 Å². The van der Waals surface area contributed by atoms with Gasteiger partial charge >= 0.3 is 17.8 Å². The molecule has 10 heteroatoms. The number of halogens is 3. The van der Waals surface area contributed by atoms with Crippen LogP contribution in [0.1, 0.15) is 37.7 Å². The molecule has 2 heterocycles. The number of ether oxygens (including phenoxy) is 2. The van der Waals surface area contributed by atoms with Crippen molar-refractivity contribution in [3.63, 3.8) is 0 Å². The molecule has 30 heavy (non-hydrogen) atoms. The summed E-state index contributed by atoms with van der Waals surface area (Å²) in [5.41, 5.74) is -1.35. The first-order valence-electron chi connectivity index (χ1n) is 8.61. The Balaban J connectivity index is 1.85. The van der Waals surface area contributed by atoms with Crippen LogP contribution in [0.25, 0.3) is 11.0 Å². The van der Waals surface area contributed by atoms with Gasteiger partial charge in [0.25, 0.3) is 0 Å². The first kappa shape index (κ1) is 21.2. The van der Waals surface area contributed by atoms with E-state index < -0.39 is 35.7 Å². The van der Waals surface area contributed by atoms with Gasteiger partial charge in [-0.3, -0.25) is 4.79 Å². The summed E-state index contributed by atoms with van der Waals surface area (Å²) < 4.78 is 54.2. The number of carbonyl (C=O) groups is 2. The number of alkyl halides is 3. The average Bonchev–Trinajstić information content (AvgIpc) is 2.98. The van der Waals surface area contributed by atoms with Gasteiger partial charge in [0, 0.05) is 23.2 Å². The van der Waals surface area contributed by atoms with Crippen LogP contribution in [0.5, 0.6) is 5.75 Å². The van der Waals surface area contributed by atoms with Crippen molar-refractivity contribution in [2.24, 2.45) is 0 Å². The Labute approximate surface area is 167 Å². The molecular weight excluding hydrogens is 407 g/mol. The van der Waals surface area contributed by atoms with E-state index in [9.17, 15) is 27.6 Å². The predicted octanol–water partition coefficient (Wildman–Crippen LogP) is 3.81. The summed E-state index contributed by atoms with van der Waals surface area (Å²) in [6.45, 7) is 2.73. The largest absolute Gasteiger partial charge is 0.485 e. The minimum absolute atomic E-state index is 0.0347. The van der Waals surface area contributed by atoms with E-state index >= 15 is 0 Å². The normalized spacial score (nSPS) is 11.5. The average molecular weight is 423 g/mol. The number of benzene rings is 1. The molecule has 0 radical (unpaired) electrons. The molecule has 0 unspecified atom stereocenters. The molecule has 7 nitrogen and oxygen atoms in total. The quantitative estimate of drug-likeness (QED) is 0.381. The monoisotopic (exact) mass is 423 g/mol. The van der Waals surface area contributed by atoms with E-state index in [-0.39, 0.29) is 28.0 Å². The number of aromatic nitrogens is 1. The van der Waals surface area contributed by atoms with Gasteiger partial charge in [0.05, 0.1) is 23.9 Å². The molecule has 0 aliphatic heterocycles. The molecule has 3 aromatic rings. The Morgan fingerprint density at radius 2 is 1.87 bits per heavy atom. The van der Waals surface area contributed by atoms with Crippen LogP contribution < -0.4 is 10.4 Å². The summed E-state index contributed by atoms with van der Waals surface area (Å²) in [6, 6.07) is 3.81. The van der Waals surface area contributed by atoms with E-state index in [0.717, 1.165) is 12.1 Å². The third-order valence-corrected chi connectivity index (χ3v) is 4.50. The van der Waals surface area contributed by atoms with Crippen LogP contribution >= 0.6 is 0 Å². The number of H-pyrrole nitrogens is 1. The topological polar surface area (TPSA) is 98.6 Å². The summed E-state index contributed by atoms with van der Waals surface area (Å²) in [6.07, 6.45) is -4.73. The summed E-state index contributed by atoms with van der Waals surface area (Å²) >= 11 is 0. The van der Waals surface area contributed by atoms with Crippen LogP contribution in [0.15, 0.2) is 33.5 Å². The molecule has 0 fully saturated rings. The smallest absolute Gasteiger partial charge is 0.417 e. The maximum absolute atomic E-state index is 13.1. The molecule has 2 aromatic heterocycles. The standard InChI is InChI=1S/C20H16F3NO6/c1-9-17(19(27)28-3)10(2)24-18(9)14(25)8-29-11-4-5-12-13(20(21,22)23)7-16(26)30-15(12)6-11/h4-7,24H,8H2,1-3H3. The molecule has 0 atom stereocenters. The van der Waals surface area contributed by atoms with Crippen LogP contribution in [0.4, 0.5) is 13.2 Å². The molecular formula is C20H16F3NO6. The van der Waals surface area contributed by atoms with E-state index in [4.69, 9.17) is 9.15 Å². The highest BCUT2D eigenvalue weighted by molar-refractivity contribution is 6.02. The van der Waals surface area contributed by atoms with Gasteiger partial charge in [0.1, 0.15) is 11.3 Å². The zero-order valence-corrected chi connectivity index (χ0v) is 16.1. The molecule has 0 aliphatic rings. The number of hydrogen-bond acceptors (Lipinski definition) is 6. The van der Waals surface area contributed by atoms with Crippen LogP contribution in [0.3, 0.4) is 0 Å². The number of ketones is 1. The molecule has 0 saturated carbocycles. The zero-order valence-electron chi connectivity index (χ0n) is 16.1. The van der Waals surface area contributed by atoms with Gasteiger partial charge in [-0.1, -0.05) is 0 Å². The molecule has 1 aromatic carbocycles. The minimum Gasteiger partial charge on any atom is -0.485 e. The van der Waals surface area contributed by atoms with Crippen LogP contribution in [0.2, 0.25) is 0 Å². The van der Waals surface area contributed by atoms with Crippen molar-refractivity contribution < 1.29 is 36.7 Å². The van der Waals surface area contributed by atoms with Gasteiger partial charge in [-0.25, -0.2) is 9.59 Å². The highest BCUT2D eigenvalue weighted by Crippen LogP contribution is 2.34. The van der Waals surface area contributed by atoms with Gasteiger partial charge < -0.3 is 18.9 Å². The Morgan fingerprint density at radius 3 is 2.50 bits per heavy atom. The van der Waals surface area contributed by atoms with Gasteiger partial charge in [-0.05, 0) is 31.5 Å². The SMILES string of the molecule is COC(=O)c1c(C)[nH]c(C(=O)COc2ccc3c(C(F)(F)F)cc(=O)oc3c2)c1C. The lowest BCUT2D eigenvalue weighted by Crippen LogP contribution is -2.14. The Hall–Kier alpha value is -3.56. The number of methoxy groups -OCH3 is 1. The number of nitrogens with one attached hydrogen (secondary N) is 1. The van der Waals surface area contributed by atoms with Crippen molar-refractivity contribution in [2.75, 3.05) is 13.7 Å². The van der Waals surface area contributed by atoms with E-state index in [2.05, 4.69) is 9.72 Å². The summed E-state index contributed by atoms with van der Waals surface area (Å²) in [5.74, 6) is -1.05. The number of aryl methyl sites for hydroxylation is 1. The number of Topliss-reactive ketones (excluding diaryl/α,β-unsaturated/α-hetero) is 1. The lowest BCUT2D eigenvalue weighted by Gasteiger charge is -2.10. The van der Waals surface area contributed by atoms with Crippen LogP contribution in [0, 0.1) is 13.8 Å². The Bertz CT molecular complexity index is 1210. The number of rotatable bonds is 5. The van der Waals surface area contributed by atoms with Crippen molar-refractivity contribution in [1.29, 1.82) is 0 Å². The first-order chi connectivity index (χ1) is 14.0.